The van der Waals surface area contributed by atoms with E-state index in [1.165, 1.54) is 18.1 Å². The Labute approximate surface area is 104 Å². The molecule has 2 rings (SSSR count). The predicted molar refractivity (Wildman–Crippen MR) is 64.7 cm³/mol. The smallest absolute Gasteiger partial charge is 0.377 e. The average Bonchev–Trinajstić information content (AvgIpc) is 2.88. The molecule has 2 heterocycles. The van der Waals surface area contributed by atoms with Crippen LogP contribution in [0.25, 0.3) is 5.69 Å². The van der Waals surface area contributed by atoms with Gasteiger partial charge in [0.05, 0.1) is 12.8 Å². The molecule has 0 aliphatic heterocycles. The maximum absolute atomic E-state index is 11.2. The van der Waals surface area contributed by atoms with E-state index >= 15 is 0 Å². The molecular formula is C11H13N5O2. The Morgan fingerprint density at radius 1 is 1.50 bits per heavy atom. The van der Waals surface area contributed by atoms with Crippen LogP contribution in [0, 0.1) is 0 Å². The van der Waals surface area contributed by atoms with Crippen LogP contribution >= 0.6 is 0 Å². The van der Waals surface area contributed by atoms with Gasteiger partial charge in [-0.15, -0.1) is 5.10 Å². The minimum atomic E-state index is -0.560. The molecule has 0 atom stereocenters. The molecular weight excluding hydrogens is 234 g/mol. The highest BCUT2D eigenvalue weighted by atomic mass is 16.5. The van der Waals surface area contributed by atoms with Crippen molar-refractivity contribution in [2.45, 2.75) is 6.92 Å². The van der Waals surface area contributed by atoms with Gasteiger partial charge in [0.2, 0.25) is 0 Å². The molecule has 0 spiro atoms. The van der Waals surface area contributed by atoms with Crippen LogP contribution in [-0.2, 0) is 4.74 Å². The number of anilines is 1. The van der Waals surface area contributed by atoms with Crippen molar-refractivity contribution in [3.8, 4) is 5.69 Å². The zero-order chi connectivity index (χ0) is 13.0. The first kappa shape index (κ1) is 12.0. The summed E-state index contributed by atoms with van der Waals surface area (Å²) in [5.74, 6) is 0.208. The van der Waals surface area contributed by atoms with E-state index in [0.717, 1.165) is 18.1 Å². The van der Waals surface area contributed by atoms with Crippen LogP contribution in [0.2, 0.25) is 0 Å². The number of methoxy groups -OCH3 is 1. The first-order valence-electron chi connectivity index (χ1n) is 5.45. The fraction of sp³-hybridized carbons (Fsp3) is 0.273. The summed E-state index contributed by atoms with van der Waals surface area (Å²) in [6.45, 7) is 2.76. The van der Waals surface area contributed by atoms with Gasteiger partial charge in [0.25, 0.3) is 5.82 Å². The first-order valence-corrected chi connectivity index (χ1v) is 5.45. The van der Waals surface area contributed by atoms with Gasteiger partial charge in [-0.3, -0.25) is 0 Å². The van der Waals surface area contributed by atoms with E-state index in [1.54, 1.807) is 12.3 Å². The lowest BCUT2D eigenvalue weighted by Gasteiger charge is -2.04. The molecule has 7 nitrogen and oxygen atoms in total. The molecule has 0 fully saturated rings. The molecule has 94 valence electrons. The van der Waals surface area contributed by atoms with E-state index in [9.17, 15) is 4.79 Å². The van der Waals surface area contributed by atoms with Gasteiger partial charge >= 0.3 is 5.97 Å². The lowest BCUT2D eigenvalue weighted by molar-refractivity contribution is 0.0587. The summed E-state index contributed by atoms with van der Waals surface area (Å²) in [5, 5.41) is 7.12. The highest BCUT2D eigenvalue weighted by Gasteiger charge is 2.12. The first-order chi connectivity index (χ1) is 8.74. The quantitative estimate of drug-likeness (QED) is 0.808. The van der Waals surface area contributed by atoms with Crippen molar-refractivity contribution in [1.82, 2.24) is 19.7 Å². The summed E-state index contributed by atoms with van der Waals surface area (Å²) in [6.07, 6.45) is 3.12. The fourth-order valence-electron chi connectivity index (χ4n) is 1.41. The second-order valence-corrected chi connectivity index (χ2v) is 3.43. The number of aromatic nitrogens is 4. The molecule has 0 aliphatic carbocycles. The Hall–Kier alpha value is -2.44. The van der Waals surface area contributed by atoms with Crippen LogP contribution in [0.15, 0.2) is 24.7 Å². The molecule has 18 heavy (non-hydrogen) atoms. The minimum absolute atomic E-state index is 0.0271. The van der Waals surface area contributed by atoms with Gasteiger partial charge in [0, 0.05) is 18.8 Å². The van der Waals surface area contributed by atoms with Crippen molar-refractivity contribution in [3.05, 3.63) is 30.5 Å². The molecule has 0 aliphatic rings. The molecule has 2 aromatic rings. The predicted octanol–water partition coefficient (Wildman–Crippen LogP) is 0.881. The molecule has 0 bridgehead atoms. The molecule has 0 unspecified atom stereocenters. The molecule has 2 aromatic heterocycles. The molecule has 0 aromatic carbocycles. The monoisotopic (exact) mass is 247 g/mol. The Bertz CT molecular complexity index is 552. The van der Waals surface area contributed by atoms with Crippen LogP contribution in [-0.4, -0.2) is 39.4 Å². The second kappa shape index (κ2) is 5.26. The summed E-state index contributed by atoms with van der Waals surface area (Å²) in [5.41, 5.74) is 0.767. The summed E-state index contributed by atoms with van der Waals surface area (Å²) in [4.78, 5) is 19.3. The van der Waals surface area contributed by atoms with Crippen LogP contribution in [0.5, 0.6) is 0 Å². The highest BCUT2D eigenvalue weighted by molar-refractivity contribution is 5.84. The van der Waals surface area contributed by atoms with Crippen molar-refractivity contribution in [3.63, 3.8) is 0 Å². The standard InChI is InChI=1S/C11H13N5O2/c1-3-12-9-6-8(4-5-13-9)16-7-14-10(15-16)11(17)18-2/h4-7H,3H2,1-2H3,(H,12,13). The number of pyridine rings is 1. The number of carbonyl (C=O) groups is 1. The maximum atomic E-state index is 11.2. The van der Waals surface area contributed by atoms with Gasteiger partial charge in [-0.05, 0) is 13.0 Å². The van der Waals surface area contributed by atoms with E-state index in [1.807, 2.05) is 13.0 Å². The summed E-state index contributed by atoms with van der Waals surface area (Å²) in [7, 11) is 1.29. The van der Waals surface area contributed by atoms with Crippen molar-refractivity contribution in [2.75, 3.05) is 19.0 Å². The number of hydrogen-bond donors (Lipinski definition) is 1. The van der Waals surface area contributed by atoms with Crippen LogP contribution in [0.3, 0.4) is 0 Å². The Kier molecular flexibility index (Phi) is 3.52. The third-order valence-electron chi connectivity index (χ3n) is 2.23. The van der Waals surface area contributed by atoms with E-state index in [-0.39, 0.29) is 5.82 Å². The zero-order valence-electron chi connectivity index (χ0n) is 10.1. The number of rotatable bonds is 4. The normalized spacial score (nSPS) is 10.1. The highest BCUT2D eigenvalue weighted by Crippen LogP contribution is 2.10. The molecule has 1 N–H and O–H groups in total. The molecule has 0 saturated carbocycles. The summed E-state index contributed by atoms with van der Waals surface area (Å²) < 4.78 is 6.04. The Balaban J connectivity index is 2.28. The molecule has 0 saturated heterocycles. The van der Waals surface area contributed by atoms with Gasteiger partial charge in [0.1, 0.15) is 12.1 Å². The molecule has 7 heteroatoms. The van der Waals surface area contributed by atoms with Gasteiger partial charge in [-0.25, -0.2) is 19.4 Å². The number of nitrogens with one attached hydrogen (secondary N) is 1. The molecule has 0 radical (unpaired) electrons. The van der Waals surface area contributed by atoms with Crippen LogP contribution < -0.4 is 5.32 Å². The number of ether oxygens (including phenoxy) is 1. The zero-order valence-corrected chi connectivity index (χ0v) is 10.1. The van der Waals surface area contributed by atoms with E-state index < -0.39 is 5.97 Å². The van der Waals surface area contributed by atoms with Crippen molar-refractivity contribution < 1.29 is 9.53 Å². The number of nitrogens with zero attached hydrogens (tertiary/aromatic N) is 4. The van der Waals surface area contributed by atoms with Crippen LogP contribution in [0.4, 0.5) is 5.82 Å². The third-order valence-corrected chi connectivity index (χ3v) is 2.23. The van der Waals surface area contributed by atoms with Crippen molar-refractivity contribution in [2.24, 2.45) is 0 Å². The number of hydrogen-bond acceptors (Lipinski definition) is 6. The lowest BCUT2D eigenvalue weighted by Crippen LogP contribution is -2.05. The van der Waals surface area contributed by atoms with Gasteiger partial charge in [0.15, 0.2) is 0 Å². The summed E-state index contributed by atoms with van der Waals surface area (Å²) in [6, 6.07) is 3.59. The SMILES string of the molecule is CCNc1cc(-n2cnc(C(=O)OC)n2)ccn1. The van der Waals surface area contributed by atoms with Crippen molar-refractivity contribution >= 4 is 11.8 Å². The Morgan fingerprint density at radius 3 is 3.06 bits per heavy atom. The van der Waals surface area contributed by atoms with Gasteiger partial charge in [-0.2, -0.15) is 0 Å². The summed E-state index contributed by atoms with van der Waals surface area (Å²) >= 11 is 0. The average molecular weight is 247 g/mol. The maximum Gasteiger partial charge on any atom is 0.377 e. The van der Waals surface area contributed by atoms with Gasteiger partial charge in [-0.1, -0.05) is 0 Å². The molecule has 0 amide bonds. The minimum Gasteiger partial charge on any atom is -0.463 e. The van der Waals surface area contributed by atoms with Crippen molar-refractivity contribution in [1.29, 1.82) is 0 Å². The lowest BCUT2D eigenvalue weighted by atomic mass is 10.4. The topological polar surface area (TPSA) is 81.9 Å². The van der Waals surface area contributed by atoms with Gasteiger partial charge < -0.3 is 10.1 Å². The number of carbonyl (C=O) groups excluding carboxylic acids is 1. The van der Waals surface area contributed by atoms with E-state index in [2.05, 4.69) is 25.1 Å². The fourth-order valence-corrected chi connectivity index (χ4v) is 1.41. The van der Waals surface area contributed by atoms with E-state index in [0.29, 0.717) is 0 Å². The second-order valence-electron chi connectivity index (χ2n) is 3.43. The third kappa shape index (κ3) is 2.45. The van der Waals surface area contributed by atoms with E-state index in [4.69, 9.17) is 0 Å². The van der Waals surface area contributed by atoms with Crippen LogP contribution in [0.1, 0.15) is 17.5 Å². The largest absolute Gasteiger partial charge is 0.463 e. The number of esters is 1. The Morgan fingerprint density at radius 2 is 2.33 bits per heavy atom.